The Labute approximate surface area is 62.1 Å². The van der Waals surface area contributed by atoms with Crippen molar-refractivity contribution in [1.82, 2.24) is 4.72 Å². The molecule has 0 bridgehead atoms. The SMILES string of the molecule is OCCCNSSS. The average molecular weight is 171 g/mol. The minimum atomic E-state index is 0.255. The maximum atomic E-state index is 8.29. The van der Waals surface area contributed by atoms with Gasteiger partial charge < -0.3 is 5.11 Å². The Balaban J connectivity index is 2.53. The molecule has 0 aromatic rings. The monoisotopic (exact) mass is 171 g/mol. The number of hydrogen-bond acceptors (Lipinski definition) is 5. The summed E-state index contributed by atoms with van der Waals surface area (Å²) in [6.07, 6.45) is 0.807. The van der Waals surface area contributed by atoms with Crippen molar-refractivity contribution in [3.05, 3.63) is 0 Å². The number of aliphatic hydroxyl groups excluding tert-OH is 1. The van der Waals surface area contributed by atoms with Crippen molar-refractivity contribution in [2.24, 2.45) is 0 Å². The predicted octanol–water partition coefficient (Wildman–Crippen LogP) is 1.10. The number of aliphatic hydroxyl groups is 1. The van der Waals surface area contributed by atoms with E-state index < -0.39 is 0 Å². The van der Waals surface area contributed by atoms with E-state index in [1.54, 1.807) is 0 Å². The van der Waals surface area contributed by atoms with Crippen LogP contribution in [0.1, 0.15) is 6.42 Å². The standard InChI is InChI=1S/C3H9NOS3/c5-3-1-2-4-7-8-6/h4-6H,1-3H2. The maximum Gasteiger partial charge on any atom is 0.0443 e. The van der Waals surface area contributed by atoms with Crippen LogP contribution in [0.25, 0.3) is 0 Å². The van der Waals surface area contributed by atoms with E-state index in [2.05, 4.69) is 16.4 Å². The van der Waals surface area contributed by atoms with Gasteiger partial charge in [-0.15, -0.1) is 0 Å². The quantitative estimate of drug-likeness (QED) is 0.250. The second kappa shape index (κ2) is 7.97. The Morgan fingerprint density at radius 1 is 1.62 bits per heavy atom. The van der Waals surface area contributed by atoms with Crippen LogP contribution >= 0.6 is 32.5 Å². The first kappa shape index (κ1) is 8.97. The van der Waals surface area contributed by atoms with E-state index in [0.29, 0.717) is 0 Å². The summed E-state index contributed by atoms with van der Waals surface area (Å²) in [5.41, 5.74) is 0. The highest BCUT2D eigenvalue weighted by atomic mass is 33.5. The minimum Gasteiger partial charge on any atom is -0.396 e. The molecule has 0 unspecified atom stereocenters. The van der Waals surface area contributed by atoms with Crippen LogP contribution in [0.3, 0.4) is 0 Å². The third-order valence-corrected chi connectivity index (χ3v) is 2.18. The van der Waals surface area contributed by atoms with Crippen molar-refractivity contribution < 1.29 is 5.11 Å². The molecular weight excluding hydrogens is 162 g/mol. The molecule has 2 N–H and O–H groups in total. The molecule has 2 nitrogen and oxygen atoms in total. The van der Waals surface area contributed by atoms with E-state index in [9.17, 15) is 0 Å². The van der Waals surface area contributed by atoms with Gasteiger partial charge in [-0.3, -0.25) is 4.72 Å². The van der Waals surface area contributed by atoms with Gasteiger partial charge in [0.15, 0.2) is 0 Å². The van der Waals surface area contributed by atoms with Crippen LogP contribution in [-0.4, -0.2) is 18.3 Å². The van der Waals surface area contributed by atoms with Crippen LogP contribution in [0.2, 0.25) is 0 Å². The van der Waals surface area contributed by atoms with Crippen molar-refractivity contribution in [2.75, 3.05) is 13.2 Å². The van der Waals surface area contributed by atoms with Crippen molar-refractivity contribution >= 4 is 32.5 Å². The first-order valence-electron chi connectivity index (χ1n) is 2.22. The van der Waals surface area contributed by atoms with E-state index in [0.717, 1.165) is 13.0 Å². The van der Waals surface area contributed by atoms with Gasteiger partial charge >= 0.3 is 0 Å². The summed E-state index contributed by atoms with van der Waals surface area (Å²) in [7, 11) is 2.84. The molecule has 0 aromatic carbocycles. The molecule has 0 rings (SSSR count). The molecule has 5 heteroatoms. The summed E-state index contributed by atoms with van der Waals surface area (Å²) >= 11 is 3.88. The Hall–Kier alpha value is 0.970. The fraction of sp³-hybridized carbons (Fsp3) is 1.00. The normalized spacial score (nSPS) is 9.75. The average Bonchev–Trinajstić information content (AvgIpc) is 1.81. The van der Waals surface area contributed by atoms with Gasteiger partial charge in [0.2, 0.25) is 0 Å². The smallest absolute Gasteiger partial charge is 0.0443 e. The Morgan fingerprint density at radius 3 is 2.88 bits per heavy atom. The molecule has 8 heavy (non-hydrogen) atoms. The molecule has 50 valence electrons. The van der Waals surface area contributed by atoms with Gasteiger partial charge in [0.25, 0.3) is 0 Å². The van der Waals surface area contributed by atoms with E-state index in [-0.39, 0.29) is 6.61 Å². The van der Waals surface area contributed by atoms with E-state index >= 15 is 0 Å². The van der Waals surface area contributed by atoms with Gasteiger partial charge in [-0.05, 0) is 27.2 Å². The number of thiol groups is 1. The number of hydrogen-bond donors (Lipinski definition) is 3. The summed E-state index contributed by atoms with van der Waals surface area (Å²) in [5, 5.41) is 8.29. The molecule has 0 amide bonds. The molecule has 0 saturated heterocycles. The van der Waals surface area contributed by atoms with Crippen LogP contribution in [0.15, 0.2) is 0 Å². The summed E-state index contributed by atoms with van der Waals surface area (Å²) in [6.45, 7) is 1.10. The molecule has 0 aromatic heterocycles. The Bertz CT molecular complexity index is 39.5. The van der Waals surface area contributed by atoms with Gasteiger partial charge in [-0.1, -0.05) is 11.7 Å². The van der Waals surface area contributed by atoms with Crippen LogP contribution in [0.4, 0.5) is 0 Å². The molecule has 0 spiro atoms. The fourth-order valence-corrected chi connectivity index (χ4v) is 1.38. The number of rotatable bonds is 5. The zero-order valence-electron chi connectivity index (χ0n) is 4.33. The molecule has 0 atom stereocenters. The molecule has 0 fully saturated rings. The molecule has 0 heterocycles. The van der Waals surface area contributed by atoms with Crippen molar-refractivity contribution in [3.63, 3.8) is 0 Å². The zero-order chi connectivity index (χ0) is 6.24. The highest BCUT2D eigenvalue weighted by Gasteiger charge is 1.82. The van der Waals surface area contributed by atoms with Crippen LogP contribution in [-0.2, 0) is 0 Å². The maximum absolute atomic E-state index is 8.29. The predicted molar refractivity (Wildman–Crippen MR) is 43.9 cm³/mol. The van der Waals surface area contributed by atoms with E-state index in [1.807, 2.05) is 0 Å². The number of nitrogens with one attached hydrogen (secondary N) is 1. The molecule has 0 saturated carbocycles. The minimum absolute atomic E-state index is 0.255. The van der Waals surface area contributed by atoms with Gasteiger partial charge in [-0.2, -0.15) is 0 Å². The Kier molecular flexibility index (Phi) is 8.94. The summed E-state index contributed by atoms with van der Waals surface area (Å²) in [5.74, 6) is 0. The lowest BCUT2D eigenvalue weighted by Crippen LogP contribution is -2.04. The molecule has 0 aliphatic carbocycles. The molecule has 0 aliphatic heterocycles. The van der Waals surface area contributed by atoms with Crippen molar-refractivity contribution in [1.29, 1.82) is 0 Å². The second-order valence-electron chi connectivity index (χ2n) is 1.13. The third kappa shape index (κ3) is 6.97. The van der Waals surface area contributed by atoms with Gasteiger partial charge in [0, 0.05) is 13.2 Å². The fourth-order valence-electron chi connectivity index (χ4n) is 0.219. The van der Waals surface area contributed by atoms with Crippen LogP contribution in [0.5, 0.6) is 0 Å². The summed E-state index contributed by atoms with van der Waals surface area (Å²) < 4.78 is 2.98. The highest BCUT2D eigenvalue weighted by Crippen LogP contribution is 2.19. The Morgan fingerprint density at radius 2 is 2.38 bits per heavy atom. The second-order valence-corrected chi connectivity index (χ2v) is 4.02. The molecule has 0 radical (unpaired) electrons. The first-order chi connectivity index (χ1) is 3.91. The van der Waals surface area contributed by atoms with E-state index in [1.165, 1.54) is 20.8 Å². The van der Waals surface area contributed by atoms with Gasteiger partial charge in [0.05, 0.1) is 0 Å². The third-order valence-electron chi connectivity index (χ3n) is 0.533. The van der Waals surface area contributed by atoms with Crippen molar-refractivity contribution in [2.45, 2.75) is 6.42 Å². The molecule has 0 aliphatic rings. The lowest BCUT2D eigenvalue weighted by Gasteiger charge is -1.95. The van der Waals surface area contributed by atoms with Crippen LogP contribution < -0.4 is 4.72 Å². The highest BCUT2D eigenvalue weighted by molar-refractivity contribution is 9.05. The largest absolute Gasteiger partial charge is 0.396 e. The first-order valence-corrected chi connectivity index (χ1v) is 5.43. The van der Waals surface area contributed by atoms with E-state index in [4.69, 9.17) is 5.11 Å². The van der Waals surface area contributed by atoms with Crippen LogP contribution in [0, 0.1) is 0 Å². The van der Waals surface area contributed by atoms with Crippen molar-refractivity contribution in [3.8, 4) is 0 Å². The summed E-state index contributed by atoms with van der Waals surface area (Å²) in [4.78, 5) is 0. The lowest BCUT2D eigenvalue weighted by atomic mass is 10.5. The lowest BCUT2D eigenvalue weighted by molar-refractivity contribution is 0.290. The summed E-state index contributed by atoms with van der Waals surface area (Å²) in [6, 6.07) is 0. The van der Waals surface area contributed by atoms with Gasteiger partial charge in [-0.25, -0.2) is 0 Å². The molecular formula is C3H9NOS3. The van der Waals surface area contributed by atoms with Gasteiger partial charge in [0.1, 0.15) is 0 Å². The topological polar surface area (TPSA) is 32.3 Å². The zero-order valence-corrected chi connectivity index (χ0v) is 6.86.